The van der Waals surface area contributed by atoms with Gasteiger partial charge < -0.3 is 9.84 Å². The molecule has 0 fully saturated rings. The highest BCUT2D eigenvalue weighted by Gasteiger charge is 2.06. The molecule has 0 atom stereocenters. The summed E-state index contributed by atoms with van der Waals surface area (Å²) in [5, 5.41) is 9.48. The molecule has 0 spiro atoms. The summed E-state index contributed by atoms with van der Waals surface area (Å²) >= 11 is 0. The highest BCUT2D eigenvalue weighted by atomic mass is 19.1. The largest absolute Gasteiger partial charge is 0.508 e. The van der Waals surface area contributed by atoms with Crippen molar-refractivity contribution in [3.8, 4) is 5.75 Å². The molecular formula is C11H16FNO2. The molecule has 0 radical (unpaired) electrons. The maximum absolute atomic E-state index is 12.9. The second kappa shape index (κ2) is 5.68. The molecule has 1 aromatic carbocycles. The van der Waals surface area contributed by atoms with Crippen molar-refractivity contribution in [3.63, 3.8) is 0 Å². The molecule has 0 bridgehead atoms. The van der Waals surface area contributed by atoms with Crippen LogP contribution in [0.15, 0.2) is 18.2 Å². The number of halogens is 1. The van der Waals surface area contributed by atoms with Crippen LogP contribution in [0.3, 0.4) is 0 Å². The second-order valence-electron chi connectivity index (χ2n) is 3.50. The normalized spacial score (nSPS) is 10.9. The number of nitrogens with zero attached hydrogens (tertiary/aromatic N) is 1. The second-order valence-corrected chi connectivity index (χ2v) is 3.50. The van der Waals surface area contributed by atoms with Gasteiger partial charge in [-0.2, -0.15) is 0 Å². The summed E-state index contributed by atoms with van der Waals surface area (Å²) in [6.07, 6.45) is 0. The fourth-order valence-corrected chi connectivity index (χ4v) is 1.30. The molecule has 0 amide bonds. The Hall–Kier alpha value is -1.13. The minimum atomic E-state index is -0.331. The van der Waals surface area contributed by atoms with Gasteiger partial charge in [-0.15, -0.1) is 0 Å². The Morgan fingerprint density at radius 1 is 1.47 bits per heavy atom. The summed E-state index contributed by atoms with van der Waals surface area (Å²) < 4.78 is 17.8. The third-order valence-corrected chi connectivity index (χ3v) is 2.16. The van der Waals surface area contributed by atoms with Crippen LogP contribution < -0.4 is 0 Å². The molecule has 15 heavy (non-hydrogen) atoms. The van der Waals surface area contributed by atoms with Gasteiger partial charge in [0.05, 0.1) is 6.61 Å². The maximum Gasteiger partial charge on any atom is 0.123 e. The third-order valence-electron chi connectivity index (χ3n) is 2.16. The van der Waals surface area contributed by atoms with Crippen LogP contribution in [0.1, 0.15) is 5.56 Å². The van der Waals surface area contributed by atoms with E-state index in [1.807, 2.05) is 11.9 Å². The number of likely N-dealkylation sites (N-methyl/N-ethyl adjacent to an activating group) is 1. The van der Waals surface area contributed by atoms with Crippen LogP contribution >= 0.6 is 0 Å². The van der Waals surface area contributed by atoms with Gasteiger partial charge in [0.15, 0.2) is 0 Å². The number of aromatic hydroxyl groups is 1. The van der Waals surface area contributed by atoms with Crippen molar-refractivity contribution >= 4 is 0 Å². The molecule has 1 rings (SSSR count). The van der Waals surface area contributed by atoms with Crippen molar-refractivity contribution in [2.75, 3.05) is 27.3 Å². The first-order valence-electron chi connectivity index (χ1n) is 4.78. The van der Waals surface area contributed by atoms with E-state index >= 15 is 0 Å². The van der Waals surface area contributed by atoms with Crippen LogP contribution in [0, 0.1) is 5.82 Å². The van der Waals surface area contributed by atoms with Gasteiger partial charge in [0.1, 0.15) is 11.6 Å². The van der Waals surface area contributed by atoms with Crippen LogP contribution in [0.5, 0.6) is 5.75 Å². The van der Waals surface area contributed by atoms with E-state index < -0.39 is 0 Å². The van der Waals surface area contributed by atoms with E-state index in [2.05, 4.69) is 0 Å². The number of methoxy groups -OCH3 is 1. The minimum Gasteiger partial charge on any atom is -0.508 e. The Kier molecular flexibility index (Phi) is 4.52. The molecule has 0 aliphatic carbocycles. The van der Waals surface area contributed by atoms with Crippen LogP contribution in [0.25, 0.3) is 0 Å². The van der Waals surface area contributed by atoms with E-state index in [0.29, 0.717) is 18.7 Å². The van der Waals surface area contributed by atoms with E-state index in [1.165, 1.54) is 18.2 Å². The fourth-order valence-electron chi connectivity index (χ4n) is 1.30. The molecule has 84 valence electrons. The highest BCUT2D eigenvalue weighted by molar-refractivity contribution is 5.32. The molecule has 0 heterocycles. The highest BCUT2D eigenvalue weighted by Crippen LogP contribution is 2.18. The molecule has 4 heteroatoms. The van der Waals surface area contributed by atoms with Crippen molar-refractivity contribution in [2.24, 2.45) is 0 Å². The van der Waals surface area contributed by atoms with Crippen molar-refractivity contribution < 1.29 is 14.2 Å². The molecule has 0 saturated carbocycles. The number of phenols is 1. The Morgan fingerprint density at radius 2 is 2.20 bits per heavy atom. The molecule has 0 aliphatic heterocycles. The first-order chi connectivity index (χ1) is 7.13. The summed E-state index contributed by atoms with van der Waals surface area (Å²) in [7, 11) is 3.52. The molecule has 3 nitrogen and oxygen atoms in total. The number of phenolic OH excluding ortho intramolecular Hbond substituents is 1. The fraction of sp³-hybridized carbons (Fsp3) is 0.455. The molecular weight excluding hydrogens is 197 g/mol. The van der Waals surface area contributed by atoms with Crippen molar-refractivity contribution in [3.05, 3.63) is 29.6 Å². The van der Waals surface area contributed by atoms with Crippen LogP contribution in [-0.2, 0) is 11.3 Å². The van der Waals surface area contributed by atoms with Crippen LogP contribution in [0.2, 0.25) is 0 Å². The van der Waals surface area contributed by atoms with Gasteiger partial charge >= 0.3 is 0 Å². The molecule has 0 aliphatic rings. The van der Waals surface area contributed by atoms with Crippen molar-refractivity contribution in [2.45, 2.75) is 6.54 Å². The molecule has 1 N–H and O–H groups in total. The van der Waals surface area contributed by atoms with Gasteiger partial charge in [0.25, 0.3) is 0 Å². The summed E-state index contributed by atoms with van der Waals surface area (Å²) in [4.78, 5) is 1.96. The molecule has 1 aromatic rings. The summed E-state index contributed by atoms with van der Waals surface area (Å²) in [6, 6.07) is 3.96. The van der Waals surface area contributed by atoms with Gasteiger partial charge in [-0.25, -0.2) is 4.39 Å². The standard InChI is InChI=1S/C11H16FNO2/c1-13(5-6-15-2)8-9-7-10(12)3-4-11(9)14/h3-4,7,14H,5-6,8H2,1-2H3. The Balaban J connectivity index is 2.59. The zero-order chi connectivity index (χ0) is 11.3. The van der Waals surface area contributed by atoms with Crippen molar-refractivity contribution in [1.29, 1.82) is 0 Å². The predicted molar refractivity (Wildman–Crippen MR) is 56.3 cm³/mol. The maximum atomic E-state index is 12.9. The lowest BCUT2D eigenvalue weighted by molar-refractivity contribution is 0.158. The quantitative estimate of drug-likeness (QED) is 0.806. The first kappa shape index (κ1) is 11.9. The molecule has 0 aromatic heterocycles. The smallest absolute Gasteiger partial charge is 0.123 e. The zero-order valence-electron chi connectivity index (χ0n) is 9.03. The predicted octanol–water partition coefficient (Wildman–Crippen LogP) is 1.61. The Bertz CT molecular complexity index is 317. The lowest BCUT2D eigenvalue weighted by atomic mass is 10.2. The Labute approximate surface area is 89.1 Å². The van der Waals surface area contributed by atoms with Gasteiger partial charge in [-0.05, 0) is 25.2 Å². The topological polar surface area (TPSA) is 32.7 Å². The van der Waals surface area contributed by atoms with Gasteiger partial charge in [0, 0.05) is 25.8 Å². The summed E-state index contributed by atoms with van der Waals surface area (Å²) in [6.45, 7) is 1.87. The van der Waals surface area contributed by atoms with Crippen LogP contribution in [-0.4, -0.2) is 37.3 Å². The van der Waals surface area contributed by atoms with E-state index in [1.54, 1.807) is 7.11 Å². The van der Waals surface area contributed by atoms with E-state index in [9.17, 15) is 9.50 Å². The average Bonchev–Trinajstić information content (AvgIpc) is 2.20. The third kappa shape index (κ3) is 3.85. The summed E-state index contributed by atoms with van der Waals surface area (Å²) in [5.74, 6) is -0.205. The number of benzene rings is 1. The monoisotopic (exact) mass is 213 g/mol. The Morgan fingerprint density at radius 3 is 2.87 bits per heavy atom. The van der Waals surface area contributed by atoms with Crippen LogP contribution in [0.4, 0.5) is 4.39 Å². The lowest BCUT2D eigenvalue weighted by Gasteiger charge is -2.16. The number of rotatable bonds is 5. The molecule has 0 unspecified atom stereocenters. The minimum absolute atomic E-state index is 0.126. The molecule has 0 saturated heterocycles. The number of hydrogen-bond donors (Lipinski definition) is 1. The zero-order valence-corrected chi connectivity index (χ0v) is 9.03. The lowest BCUT2D eigenvalue weighted by Crippen LogP contribution is -2.22. The van der Waals surface area contributed by atoms with E-state index in [4.69, 9.17) is 4.74 Å². The average molecular weight is 213 g/mol. The number of hydrogen-bond acceptors (Lipinski definition) is 3. The van der Waals surface area contributed by atoms with Gasteiger partial charge in [-0.1, -0.05) is 0 Å². The number of ether oxygens (including phenoxy) is 1. The first-order valence-corrected chi connectivity index (χ1v) is 4.78. The van der Waals surface area contributed by atoms with E-state index in [-0.39, 0.29) is 11.6 Å². The van der Waals surface area contributed by atoms with Gasteiger partial charge in [-0.3, -0.25) is 4.90 Å². The summed E-state index contributed by atoms with van der Waals surface area (Å²) in [5.41, 5.74) is 0.591. The van der Waals surface area contributed by atoms with Gasteiger partial charge in [0.2, 0.25) is 0 Å². The SMILES string of the molecule is COCCN(C)Cc1cc(F)ccc1O. The van der Waals surface area contributed by atoms with E-state index in [0.717, 1.165) is 6.54 Å². The van der Waals surface area contributed by atoms with Crippen molar-refractivity contribution in [1.82, 2.24) is 4.90 Å².